The average Bonchev–Trinajstić information content (AvgIpc) is 3.01. The van der Waals surface area contributed by atoms with Crippen molar-refractivity contribution in [3.05, 3.63) is 47.3 Å². The van der Waals surface area contributed by atoms with Crippen molar-refractivity contribution in [1.82, 2.24) is 14.8 Å². The highest BCUT2D eigenvalue weighted by molar-refractivity contribution is 5.92. The smallest absolute Gasteiger partial charge is 0.217 e. The van der Waals surface area contributed by atoms with Gasteiger partial charge in [0.15, 0.2) is 12.0 Å². The maximum Gasteiger partial charge on any atom is 0.217 e. The fourth-order valence-electron chi connectivity index (χ4n) is 2.64. The third-order valence-corrected chi connectivity index (χ3v) is 3.65. The highest BCUT2D eigenvalue weighted by Gasteiger charge is 2.37. The molecular formula is C15H15F2N3O. The zero-order valence-corrected chi connectivity index (χ0v) is 11.6. The normalized spacial score (nSPS) is 20.5. The number of halogens is 2. The van der Waals surface area contributed by atoms with Gasteiger partial charge in [0, 0.05) is 18.4 Å². The van der Waals surface area contributed by atoms with Gasteiger partial charge in [-0.05, 0) is 12.5 Å². The van der Waals surface area contributed by atoms with E-state index in [-0.39, 0.29) is 23.9 Å². The van der Waals surface area contributed by atoms with Gasteiger partial charge in [-0.15, -0.1) is 5.10 Å². The molecule has 4 nitrogen and oxygen atoms in total. The zero-order chi connectivity index (χ0) is 15.0. The first-order valence-corrected chi connectivity index (χ1v) is 7.00. The van der Waals surface area contributed by atoms with E-state index in [1.807, 2.05) is 6.92 Å². The van der Waals surface area contributed by atoms with Gasteiger partial charge in [-0.1, -0.05) is 25.1 Å². The molecule has 0 unspecified atom stereocenters. The van der Waals surface area contributed by atoms with Gasteiger partial charge in [0.25, 0.3) is 0 Å². The summed E-state index contributed by atoms with van der Waals surface area (Å²) in [5.74, 6) is -0.475. The Balaban J connectivity index is 1.99. The van der Waals surface area contributed by atoms with Crippen LogP contribution in [0.3, 0.4) is 0 Å². The van der Waals surface area contributed by atoms with Crippen molar-refractivity contribution in [1.29, 1.82) is 0 Å². The highest BCUT2D eigenvalue weighted by atomic mass is 19.1. The van der Waals surface area contributed by atoms with E-state index in [4.69, 9.17) is 0 Å². The molecule has 110 valence electrons. The fourth-order valence-corrected chi connectivity index (χ4v) is 2.64. The predicted molar refractivity (Wildman–Crippen MR) is 72.3 cm³/mol. The Bertz CT molecular complexity index is 683. The molecule has 21 heavy (non-hydrogen) atoms. The van der Waals surface area contributed by atoms with Crippen molar-refractivity contribution in [3.63, 3.8) is 0 Å². The molecular weight excluding hydrogens is 276 g/mol. The van der Waals surface area contributed by atoms with Gasteiger partial charge in [0.05, 0.1) is 6.04 Å². The van der Waals surface area contributed by atoms with Crippen molar-refractivity contribution in [3.8, 4) is 0 Å². The van der Waals surface area contributed by atoms with Gasteiger partial charge in [-0.2, -0.15) is 0 Å². The minimum Gasteiger partial charge on any atom is -0.291 e. The largest absolute Gasteiger partial charge is 0.291 e. The first kappa shape index (κ1) is 13.9. The van der Waals surface area contributed by atoms with Crippen LogP contribution < -0.4 is 0 Å². The van der Waals surface area contributed by atoms with Crippen molar-refractivity contribution in [2.75, 3.05) is 0 Å². The second-order valence-corrected chi connectivity index (χ2v) is 5.15. The summed E-state index contributed by atoms with van der Waals surface area (Å²) in [7, 11) is 0. The lowest BCUT2D eigenvalue weighted by molar-refractivity contribution is 0.0971. The Morgan fingerprint density at radius 3 is 2.90 bits per heavy atom. The summed E-state index contributed by atoms with van der Waals surface area (Å²) in [5.41, 5.74) is 0.373. The second kappa shape index (κ2) is 5.35. The van der Waals surface area contributed by atoms with E-state index in [9.17, 15) is 13.6 Å². The van der Waals surface area contributed by atoms with Crippen LogP contribution in [-0.4, -0.2) is 20.5 Å². The summed E-state index contributed by atoms with van der Waals surface area (Å²) >= 11 is 0. The molecule has 0 bridgehead atoms. The number of benzene rings is 1. The second-order valence-electron chi connectivity index (χ2n) is 5.15. The SMILES string of the molecule is CCCC(=O)c1nc2n(n1)[C@H](c1ccccc1F)C[C@@H]2F. The molecule has 3 rings (SSSR count). The summed E-state index contributed by atoms with van der Waals surface area (Å²) < 4.78 is 29.3. The molecule has 1 aromatic carbocycles. The Morgan fingerprint density at radius 2 is 2.19 bits per heavy atom. The van der Waals surface area contributed by atoms with Gasteiger partial charge < -0.3 is 0 Å². The first-order chi connectivity index (χ1) is 10.1. The molecule has 2 aromatic rings. The maximum atomic E-state index is 14.1. The minimum atomic E-state index is -1.33. The number of nitrogens with zero attached hydrogens (tertiary/aromatic N) is 3. The third-order valence-electron chi connectivity index (χ3n) is 3.65. The number of hydrogen-bond acceptors (Lipinski definition) is 3. The molecule has 1 aliphatic heterocycles. The number of fused-ring (bicyclic) bond motifs is 1. The number of aromatic nitrogens is 3. The van der Waals surface area contributed by atoms with E-state index in [0.29, 0.717) is 18.4 Å². The molecule has 0 N–H and O–H groups in total. The van der Waals surface area contributed by atoms with E-state index >= 15 is 0 Å². The lowest BCUT2D eigenvalue weighted by Crippen LogP contribution is -2.11. The number of hydrogen-bond donors (Lipinski definition) is 0. The van der Waals surface area contributed by atoms with Crippen molar-refractivity contribution in [2.24, 2.45) is 0 Å². The van der Waals surface area contributed by atoms with Crippen LogP contribution in [0.25, 0.3) is 0 Å². The summed E-state index contributed by atoms with van der Waals surface area (Å²) in [6.45, 7) is 1.88. The van der Waals surface area contributed by atoms with Gasteiger partial charge in [-0.25, -0.2) is 18.4 Å². The van der Waals surface area contributed by atoms with Crippen LogP contribution in [0.1, 0.15) is 60.4 Å². The lowest BCUT2D eigenvalue weighted by atomic mass is 10.0. The van der Waals surface area contributed by atoms with Crippen LogP contribution in [0.4, 0.5) is 8.78 Å². The molecule has 0 aliphatic carbocycles. The van der Waals surface area contributed by atoms with Gasteiger partial charge in [0.2, 0.25) is 11.6 Å². The Hall–Kier alpha value is -2.11. The molecule has 1 aliphatic rings. The molecule has 1 aromatic heterocycles. The number of ketones is 1. The summed E-state index contributed by atoms with van der Waals surface area (Å²) in [6.07, 6.45) is -0.229. The standard InChI is InChI=1S/C15H15F2N3O/c1-2-5-13(21)14-18-15-11(17)8-12(20(15)19-14)9-6-3-4-7-10(9)16/h3-4,6-7,11-12H,2,5,8H2,1H3/t11-,12-/m0/s1. The molecule has 6 heteroatoms. The van der Waals surface area contributed by atoms with E-state index in [1.165, 1.54) is 10.7 Å². The fraction of sp³-hybridized carbons (Fsp3) is 0.400. The van der Waals surface area contributed by atoms with Crippen LogP contribution in [0, 0.1) is 5.82 Å². The van der Waals surface area contributed by atoms with E-state index < -0.39 is 18.0 Å². The zero-order valence-electron chi connectivity index (χ0n) is 11.6. The first-order valence-electron chi connectivity index (χ1n) is 7.00. The molecule has 2 atom stereocenters. The number of carbonyl (C=O) groups is 1. The van der Waals surface area contributed by atoms with Crippen LogP contribution in [0.15, 0.2) is 24.3 Å². The molecule has 0 radical (unpaired) electrons. The molecule has 2 heterocycles. The quantitative estimate of drug-likeness (QED) is 0.811. The average molecular weight is 291 g/mol. The van der Waals surface area contributed by atoms with E-state index in [1.54, 1.807) is 18.2 Å². The number of Topliss-reactive ketones (excluding diaryl/α,β-unsaturated/α-hetero) is 1. The monoisotopic (exact) mass is 291 g/mol. The summed E-state index contributed by atoms with van der Waals surface area (Å²) in [6, 6.07) is 5.67. The Morgan fingerprint density at radius 1 is 1.43 bits per heavy atom. The molecule has 0 fully saturated rings. The molecule has 0 saturated heterocycles. The Labute approximate surface area is 120 Å². The minimum absolute atomic E-state index is 0.0236. The van der Waals surface area contributed by atoms with E-state index in [2.05, 4.69) is 10.1 Å². The highest BCUT2D eigenvalue weighted by Crippen LogP contribution is 2.40. The Kier molecular flexibility index (Phi) is 3.53. The van der Waals surface area contributed by atoms with Crippen LogP contribution >= 0.6 is 0 Å². The van der Waals surface area contributed by atoms with Gasteiger partial charge >= 0.3 is 0 Å². The number of alkyl halides is 1. The van der Waals surface area contributed by atoms with Crippen LogP contribution in [0.2, 0.25) is 0 Å². The maximum absolute atomic E-state index is 14.1. The van der Waals surface area contributed by atoms with Crippen LogP contribution in [-0.2, 0) is 0 Å². The van der Waals surface area contributed by atoms with E-state index in [0.717, 1.165) is 0 Å². The number of rotatable bonds is 4. The van der Waals surface area contributed by atoms with Gasteiger partial charge in [-0.3, -0.25) is 4.79 Å². The lowest BCUT2D eigenvalue weighted by Gasteiger charge is -2.12. The molecule has 0 saturated carbocycles. The summed E-state index contributed by atoms with van der Waals surface area (Å²) in [4.78, 5) is 15.8. The van der Waals surface area contributed by atoms with Gasteiger partial charge in [0.1, 0.15) is 5.82 Å². The van der Waals surface area contributed by atoms with Crippen molar-refractivity contribution >= 4 is 5.78 Å². The topological polar surface area (TPSA) is 47.8 Å². The predicted octanol–water partition coefficient (Wildman–Crippen LogP) is 3.40. The van der Waals surface area contributed by atoms with Crippen molar-refractivity contribution in [2.45, 2.75) is 38.4 Å². The molecule has 0 amide bonds. The van der Waals surface area contributed by atoms with Crippen LogP contribution in [0.5, 0.6) is 0 Å². The molecule has 0 spiro atoms. The number of carbonyl (C=O) groups excluding carboxylic acids is 1. The van der Waals surface area contributed by atoms with Crippen molar-refractivity contribution < 1.29 is 13.6 Å². The summed E-state index contributed by atoms with van der Waals surface area (Å²) in [5, 5.41) is 4.11. The third kappa shape index (κ3) is 2.34.